The van der Waals surface area contributed by atoms with E-state index in [9.17, 15) is 4.79 Å². The Morgan fingerprint density at radius 1 is 1.43 bits per heavy atom. The van der Waals surface area contributed by atoms with Crippen LogP contribution in [0.2, 0.25) is 0 Å². The van der Waals surface area contributed by atoms with Crippen molar-refractivity contribution in [2.75, 3.05) is 13.1 Å². The summed E-state index contributed by atoms with van der Waals surface area (Å²) in [5.74, 6) is 0.0283. The Kier molecular flexibility index (Phi) is 7.47. The summed E-state index contributed by atoms with van der Waals surface area (Å²) in [5, 5.41) is 13.6. The summed E-state index contributed by atoms with van der Waals surface area (Å²) < 4.78 is 1.80. The number of hydrogen-bond acceptors (Lipinski definition) is 5. The molecule has 1 aliphatic heterocycles. The summed E-state index contributed by atoms with van der Waals surface area (Å²) in [4.78, 5) is 17.2. The van der Waals surface area contributed by atoms with Crippen LogP contribution in [0.1, 0.15) is 23.5 Å². The lowest BCUT2D eigenvalue weighted by Gasteiger charge is -2.36. The Morgan fingerprint density at radius 3 is 2.74 bits per heavy atom. The first-order valence-electron chi connectivity index (χ1n) is 7.11. The molecule has 0 radical (unpaired) electrons. The van der Waals surface area contributed by atoms with Gasteiger partial charge in [-0.3, -0.25) is 9.48 Å². The number of piperidine rings is 1. The van der Waals surface area contributed by atoms with Crippen molar-refractivity contribution >= 4 is 42.1 Å². The number of thiazole rings is 1. The molecule has 6 nitrogen and oxygen atoms in total. The monoisotopic (exact) mass is 377 g/mol. The molecule has 2 aromatic rings. The summed E-state index contributed by atoms with van der Waals surface area (Å²) in [6.07, 6.45) is 5.09. The van der Waals surface area contributed by atoms with E-state index in [1.165, 1.54) is 0 Å². The van der Waals surface area contributed by atoms with E-state index in [1.54, 1.807) is 22.2 Å². The molecule has 0 saturated carbocycles. The third kappa shape index (κ3) is 4.23. The number of halogens is 2. The Morgan fingerprint density at radius 2 is 2.17 bits per heavy atom. The van der Waals surface area contributed by atoms with Crippen LogP contribution >= 0.6 is 36.2 Å². The third-order valence-electron chi connectivity index (χ3n) is 3.86. The van der Waals surface area contributed by atoms with Crippen LogP contribution < -0.4 is 10.6 Å². The summed E-state index contributed by atoms with van der Waals surface area (Å²) >= 11 is 1.57. The molecule has 1 aliphatic rings. The maximum absolute atomic E-state index is 12.8. The Hall–Kier alpha value is -1.15. The molecule has 23 heavy (non-hydrogen) atoms. The highest BCUT2D eigenvalue weighted by Crippen LogP contribution is 2.27. The van der Waals surface area contributed by atoms with Crippen molar-refractivity contribution in [1.82, 2.24) is 25.4 Å². The van der Waals surface area contributed by atoms with Gasteiger partial charge in [0.05, 0.1) is 6.54 Å². The molecule has 9 heteroatoms. The van der Waals surface area contributed by atoms with E-state index in [-0.39, 0.29) is 30.7 Å². The zero-order valence-electron chi connectivity index (χ0n) is 12.8. The van der Waals surface area contributed by atoms with Gasteiger partial charge in [-0.15, -0.1) is 36.2 Å². The molecule has 3 rings (SSSR count). The molecule has 0 aliphatic carbocycles. The number of aryl methyl sites for hydroxylation is 1. The van der Waals surface area contributed by atoms with Crippen LogP contribution in [0.3, 0.4) is 0 Å². The van der Waals surface area contributed by atoms with E-state index < -0.39 is 5.54 Å². The van der Waals surface area contributed by atoms with Crippen LogP contribution in [0, 0.1) is 6.92 Å². The molecule has 0 spiro atoms. The molecular weight excluding hydrogens is 357 g/mol. The van der Waals surface area contributed by atoms with E-state index in [0.29, 0.717) is 6.54 Å². The first kappa shape index (κ1) is 19.9. The number of carbonyl (C=O) groups excluding carboxylic acids is 1. The largest absolute Gasteiger partial charge is 0.347 e. The topological polar surface area (TPSA) is 71.8 Å². The van der Waals surface area contributed by atoms with E-state index in [0.717, 1.165) is 36.6 Å². The summed E-state index contributed by atoms with van der Waals surface area (Å²) in [7, 11) is 0. The van der Waals surface area contributed by atoms with Gasteiger partial charge in [-0.2, -0.15) is 5.10 Å². The van der Waals surface area contributed by atoms with E-state index in [4.69, 9.17) is 0 Å². The van der Waals surface area contributed by atoms with Crippen molar-refractivity contribution in [3.63, 3.8) is 0 Å². The molecule has 0 unspecified atom stereocenters. The van der Waals surface area contributed by atoms with Gasteiger partial charge >= 0.3 is 0 Å². The predicted octanol–water partition coefficient (Wildman–Crippen LogP) is 1.89. The van der Waals surface area contributed by atoms with Crippen molar-refractivity contribution in [1.29, 1.82) is 0 Å². The molecule has 2 N–H and O–H groups in total. The van der Waals surface area contributed by atoms with Gasteiger partial charge in [0.2, 0.25) is 5.91 Å². The maximum Gasteiger partial charge on any atom is 0.248 e. The third-order valence-corrected chi connectivity index (χ3v) is 4.83. The van der Waals surface area contributed by atoms with Gasteiger partial charge in [-0.05, 0) is 38.9 Å². The zero-order chi connectivity index (χ0) is 14.7. The number of nitrogens with one attached hydrogen (secondary N) is 2. The van der Waals surface area contributed by atoms with Gasteiger partial charge in [-0.25, -0.2) is 4.98 Å². The minimum atomic E-state index is -0.582. The Labute approximate surface area is 151 Å². The Balaban J connectivity index is 0.00000132. The van der Waals surface area contributed by atoms with Gasteiger partial charge in [0, 0.05) is 23.5 Å². The Bertz CT molecular complexity index is 610. The number of nitrogens with zero attached hydrogens (tertiary/aromatic N) is 3. The maximum atomic E-state index is 12.8. The van der Waals surface area contributed by atoms with E-state index in [1.807, 2.05) is 24.6 Å². The summed E-state index contributed by atoms with van der Waals surface area (Å²) in [6, 6.07) is 1.86. The first-order chi connectivity index (χ1) is 10.2. The van der Waals surface area contributed by atoms with Crippen molar-refractivity contribution < 1.29 is 4.79 Å². The molecule has 0 atom stereocenters. The number of aromatic nitrogens is 3. The molecular formula is C14H21Cl2N5OS. The minimum absolute atomic E-state index is 0. The van der Waals surface area contributed by atoms with Crippen LogP contribution in [0.5, 0.6) is 0 Å². The SMILES string of the molecule is Cc1csc(CNC(=O)C2(n3cccn3)CCNCC2)n1.Cl.Cl. The average molecular weight is 378 g/mol. The average Bonchev–Trinajstić information content (AvgIpc) is 3.17. The van der Waals surface area contributed by atoms with Crippen LogP contribution in [0.15, 0.2) is 23.8 Å². The first-order valence-corrected chi connectivity index (χ1v) is 7.99. The normalized spacial score (nSPS) is 16.0. The highest BCUT2D eigenvalue weighted by atomic mass is 35.5. The molecule has 0 aromatic carbocycles. The van der Waals surface area contributed by atoms with Crippen LogP contribution in [0.4, 0.5) is 0 Å². The summed E-state index contributed by atoms with van der Waals surface area (Å²) in [5.41, 5.74) is 0.411. The van der Waals surface area contributed by atoms with Crippen molar-refractivity contribution in [3.05, 3.63) is 34.5 Å². The number of hydrogen-bond donors (Lipinski definition) is 2. The van der Waals surface area contributed by atoms with E-state index in [2.05, 4.69) is 20.7 Å². The predicted molar refractivity (Wildman–Crippen MR) is 95.5 cm³/mol. The van der Waals surface area contributed by atoms with Crippen LogP contribution in [-0.2, 0) is 16.9 Å². The summed E-state index contributed by atoms with van der Waals surface area (Å²) in [6.45, 7) is 4.08. The number of rotatable bonds is 4. The quantitative estimate of drug-likeness (QED) is 0.852. The lowest BCUT2D eigenvalue weighted by molar-refractivity contribution is -0.132. The molecule has 1 amide bonds. The van der Waals surface area contributed by atoms with Gasteiger partial charge in [0.15, 0.2) is 0 Å². The number of amides is 1. The molecule has 1 saturated heterocycles. The second kappa shape index (κ2) is 8.63. The fraction of sp³-hybridized carbons (Fsp3) is 0.500. The van der Waals surface area contributed by atoms with Crippen LogP contribution in [0.25, 0.3) is 0 Å². The molecule has 128 valence electrons. The second-order valence-electron chi connectivity index (χ2n) is 5.30. The fourth-order valence-corrected chi connectivity index (χ4v) is 3.44. The smallest absolute Gasteiger partial charge is 0.248 e. The zero-order valence-corrected chi connectivity index (χ0v) is 15.3. The lowest BCUT2D eigenvalue weighted by Crippen LogP contribution is -2.54. The fourth-order valence-electron chi connectivity index (χ4n) is 2.73. The highest BCUT2D eigenvalue weighted by Gasteiger charge is 2.41. The van der Waals surface area contributed by atoms with Gasteiger partial charge in [0.1, 0.15) is 10.5 Å². The van der Waals surface area contributed by atoms with Gasteiger partial charge in [-0.1, -0.05) is 0 Å². The second-order valence-corrected chi connectivity index (χ2v) is 6.24. The number of carbonyl (C=O) groups is 1. The minimum Gasteiger partial charge on any atom is -0.347 e. The highest BCUT2D eigenvalue weighted by molar-refractivity contribution is 7.09. The molecule has 3 heterocycles. The molecule has 1 fully saturated rings. The van der Waals surface area contributed by atoms with Gasteiger partial charge in [0.25, 0.3) is 0 Å². The van der Waals surface area contributed by atoms with Gasteiger partial charge < -0.3 is 10.6 Å². The lowest BCUT2D eigenvalue weighted by atomic mass is 9.87. The van der Waals surface area contributed by atoms with Crippen molar-refractivity contribution in [3.8, 4) is 0 Å². The molecule has 0 bridgehead atoms. The standard InChI is InChI=1S/C14H19N5OS.2ClH/c1-11-10-21-12(18-11)9-16-13(20)14(3-6-15-7-4-14)19-8-2-5-17-19;;/h2,5,8,10,15H,3-4,6-7,9H2,1H3,(H,16,20);2*1H. The van der Waals surface area contributed by atoms with Crippen molar-refractivity contribution in [2.45, 2.75) is 31.8 Å². The molecule has 2 aromatic heterocycles. The van der Waals surface area contributed by atoms with Crippen molar-refractivity contribution in [2.24, 2.45) is 0 Å². The van der Waals surface area contributed by atoms with E-state index >= 15 is 0 Å². The van der Waals surface area contributed by atoms with Crippen LogP contribution in [-0.4, -0.2) is 33.8 Å².